The molecule has 0 unspecified atom stereocenters. The smallest absolute Gasteiger partial charge is 0.357 e. The Bertz CT molecular complexity index is 1060. The van der Waals surface area contributed by atoms with Crippen molar-refractivity contribution >= 4 is 21.7 Å². The number of hydrogen-bond donors (Lipinski definition) is 1. The number of nitriles is 1. The molecule has 2 heterocycles. The number of aromatic nitrogens is 1. The normalized spacial score (nSPS) is 15.2. The molecule has 0 aliphatic carbocycles. The van der Waals surface area contributed by atoms with Crippen LogP contribution in [0.15, 0.2) is 29.3 Å². The average Bonchev–Trinajstić information content (AvgIpc) is 3.04. The topological polar surface area (TPSA) is 128 Å². The van der Waals surface area contributed by atoms with Crippen molar-refractivity contribution in [2.75, 3.05) is 39.1 Å². The van der Waals surface area contributed by atoms with Gasteiger partial charge in [-0.2, -0.15) is 9.57 Å². The third-order valence-corrected chi connectivity index (χ3v) is 6.62. The Balaban J connectivity index is 2.15. The maximum absolute atomic E-state index is 13.1. The highest BCUT2D eigenvalue weighted by molar-refractivity contribution is 7.89. The standard InChI is InChI=1S/C18H20N4O5S/c1-12-3-4-14(9-15(12)28(24,25)21-5-7-27-8-6-21)22-11-13(10-19)16(20)17(22)18(23)26-2/h3-4,9,11H,5-8,20H2,1-2H3. The average molecular weight is 404 g/mol. The molecule has 1 aliphatic heterocycles. The molecule has 1 aliphatic rings. The van der Waals surface area contributed by atoms with E-state index < -0.39 is 16.0 Å². The lowest BCUT2D eigenvalue weighted by molar-refractivity contribution is 0.0593. The third-order valence-electron chi connectivity index (χ3n) is 4.58. The number of aryl methyl sites for hydroxylation is 1. The summed E-state index contributed by atoms with van der Waals surface area (Å²) in [4.78, 5) is 12.3. The fraction of sp³-hybridized carbons (Fsp3) is 0.333. The van der Waals surface area contributed by atoms with E-state index in [-0.39, 0.29) is 34.9 Å². The number of rotatable bonds is 4. The summed E-state index contributed by atoms with van der Waals surface area (Å²) in [5.41, 5.74) is 6.91. The fourth-order valence-electron chi connectivity index (χ4n) is 3.06. The van der Waals surface area contributed by atoms with Gasteiger partial charge in [-0.25, -0.2) is 13.2 Å². The van der Waals surface area contributed by atoms with Crippen molar-refractivity contribution < 1.29 is 22.7 Å². The molecule has 10 heteroatoms. The Morgan fingerprint density at radius 2 is 2.00 bits per heavy atom. The predicted octanol–water partition coefficient (Wildman–Crippen LogP) is 1.05. The summed E-state index contributed by atoms with van der Waals surface area (Å²) >= 11 is 0. The van der Waals surface area contributed by atoms with Crippen molar-refractivity contribution in [3.63, 3.8) is 0 Å². The van der Waals surface area contributed by atoms with E-state index in [1.165, 1.54) is 28.2 Å². The molecule has 148 valence electrons. The second-order valence-corrected chi connectivity index (χ2v) is 8.15. The molecule has 0 radical (unpaired) electrons. The Morgan fingerprint density at radius 1 is 1.32 bits per heavy atom. The summed E-state index contributed by atoms with van der Waals surface area (Å²) in [6.07, 6.45) is 1.39. The molecule has 0 atom stereocenters. The number of nitrogens with two attached hydrogens (primary N) is 1. The zero-order chi connectivity index (χ0) is 20.5. The van der Waals surface area contributed by atoms with E-state index in [0.29, 0.717) is 24.5 Å². The van der Waals surface area contributed by atoms with Crippen LogP contribution in [0.25, 0.3) is 5.69 Å². The molecule has 28 heavy (non-hydrogen) atoms. The number of sulfonamides is 1. The highest BCUT2D eigenvalue weighted by Crippen LogP contribution is 2.28. The monoisotopic (exact) mass is 404 g/mol. The fourth-order valence-corrected chi connectivity index (χ4v) is 4.71. The van der Waals surface area contributed by atoms with Gasteiger partial charge in [0.05, 0.1) is 36.5 Å². The summed E-state index contributed by atoms with van der Waals surface area (Å²) < 4.78 is 38.9. The summed E-state index contributed by atoms with van der Waals surface area (Å²) in [6.45, 7) is 2.92. The van der Waals surface area contributed by atoms with Crippen LogP contribution in [0.5, 0.6) is 0 Å². The maximum atomic E-state index is 13.1. The Labute approximate surface area is 162 Å². The molecule has 2 aromatic rings. The summed E-state index contributed by atoms with van der Waals surface area (Å²) in [5.74, 6) is -0.725. The highest BCUT2D eigenvalue weighted by atomic mass is 32.2. The van der Waals surface area contributed by atoms with Crippen LogP contribution in [0.4, 0.5) is 5.69 Å². The lowest BCUT2D eigenvalue weighted by Crippen LogP contribution is -2.40. The first kappa shape index (κ1) is 19.9. The van der Waals surface area contributed by atoms with Gasteiger partial charge in [-0.15, -0.1) is 0 Å². The van der Waals surface area contributed by atoms with Gasteiger partial charge in [0.2, 0.25) is 10.0 Å². The van der Waals surface area contributed by atoms with Crippen LogP contribution in [-0.2, 0) is 19.5 Å². The molecule has 0 bridgehead atoms. The van der Waals surface area contributed by atoms with Crippen molar-refractivity contribution in [3.05, 3.63) is 41.2 Å². The number of ether oxygens (including phenoxy) is 2. The zero-order valence-electron chi connectivity index (χ0n) is 15.5. The molecule has 0 amide bonds. The van der Waals surface area contributed by atoms with Gasteiger partial charge in [0.25, 0.3) is 0 Å². The number of anilines is 1. The van der Waals surface area contributed by atoms with E-state index >= 15 is 0 Å². The van der Waals surface area contributed by atoms with Gasteiger partial charge in [0.15, 0.2) is 5.69 Å². The Hall–Kier alpha value is -2.87. The maximum Gasteiger partial charge on any atom is 0.357 e. The predicted molar refractivity (Wildman–Crippen MR) is 101 cm³/mol. The molecule has 1 aromatic heterocycles. The van der Waals surface area contributed by atoms with Crippen molar-refractivity contribution in [1.82, 2.24) is 8.87 Å². The largest absolute Gasteiger partial charge is 0.464 e. The molecule has 1 fully saturated rings. The van der Waals surface area contributed by atoms with Crippen LogP contribution in [0, 0.1) is 18.3 Å². The van der Waals surface area contributed by atoms with Gasteiger partial charge < -0.3 is 19.8 Å². The molecule has 0 spiro atoms. The molecule has 2 N–H and O–H groups in total. The van der Waals surface area contributed by atoms with E-state index in [1.807, 2.05) is 6.07 Å². The van der Waals surface area contributed by atoms with E-state index in [0.717, 1.165) is 0 Å². The number of carbonyl (C=O) groups excluding carboxylic acids is 1. The first-order chi connectivity index (χ1) is 13.3. The van der Waals surface area contributed by atoms with Gasteiger partial charge in [0.1, 0.15) is 6.07 Å². The van der Waals surface area contributed by atoms with Crippen LogP contribution in [0.2, 0.25) is 0 Å². The van der Waals surface area contributed by atoms with Crippen LogP contribution < -0.4 is 5.73 Å². The lowest BCUT2D eigenvalue weighted by atomic mass is 10.2. The summed E-state index contributed by atoms with van der Waals surface area (Å²) in [5, 5.41) is 9.25. The Morgan fingerprint density at radius 3 is 2.61 bits per heavy atom. The quantitative estimate of drug-likeness (QED) is 0.754. The second kappa shape index (κ2) is 7.63. The van der Waals surface area contributed by atoms with Gasteiger partial charge in [-0.3, -0.25) is 0 Å². The first-order valence-electron chi connectivity index (χ1n) is 8.49. The van der Waals surface area contributed by atoms with Crippen LogP contribution in [0.3, 0.4) is 0 Å². The molecule has 1 aromatic carbocycles. The molecular formula is C18H20N4O5S. The molecule has 0 saturated carbocycles. The number of morpholine rings is 1. The third kappa shape index (κ3) is 3.35. The van der Waals surface area contributed by atoms with Crippen LogP contribution >= 0.6 is 0 Å². The number of esters is 1. The van der Waals surface area contributed by atoms with Crippen molar-refractivity contribution in [2.24, 2.45) is 0 Å². The van der Waals surface area contributed by atoms with Gasteiger partial charge in [0, 0.05) is 25.0 Å². The van der Waals surface area contributed by atoms with Crippen LogP contribution in [-0.4, -0.2) is 56.7 Å². The van der Waals surface area contributed by atoms with Gasteiger partial charge in [-0.05, 0) is 24.6 Å². The number of benzene rings is 1. The minimum Gasteiger partial charge on any atom is -0.464 e. The SMILES string of the molecule is COC(=O)c1c(N)c(C#N)cn1-c1ccc(C)c(S(=O)(=O)N2CCOCC2)c1. The summed E-state index contributed by atoms with van der Waals surface area (Å²) in [7, 11) is -2.54. The van der Waals surface area contributed by atoms with Crippen molar-refractivity contribution in [1.29, 1.82) is 5.26 Å². The molecular weight excluding hydrogens is 384 g/mol. The first-order valence-corrected chi connectivity index (χ1v) is 9.93. The van der Waals surface area contributed by atoms with E-state index in [1.54, 1.807) is 19.1 Å². The lowest BCUT2D eigenvalue weighted by Gasteiger charge is -2.27. The molecule has 9 nitrogen and oxygen atoms in total. The number of nitrogens with zero attached hydrogens (tertiary/aromatic N) is 3. The van der Waals surface area contributed by atoms with Gasteiger partial charge >= 0.3 is 5.97 Å². The van der Waals surface area contributed by atoms with E-state index in [4.69, 9.17) is 15.2 Å². The van der Waals surface area contributed by atoms with Crippen molar-refractivity contribution in [2.45, 2.75) is 11.8 Å². The van der Waals surface area contributed by atoms with Gasteiger partial charge in [-0.1, -0.05) is 6.07 Å². The summed E-state index contributed by atoms with van der Waals surface area (Å²) in [6, 6.07) is 6.68. The minimum absolute atomic E-state index is 0.0208. The van der Waals surface area contributed by atoms with Crippen LogP contribution in [0.1, 0.15) is 21.6 Å². The number of carbonyl (C=O) groups is 1. The molecule has 3 rings (SSSR count). The number of methoxy groups -OCH3 is 1. The Kier molecular flexibility index (Phi) is 5.42. The zero-order valence-corrected chi connectivity index (χ0v) is 16.3. The number of hydrogen-bond acceptors (Lipinski definition) is 7. The molecule has 1 saturated heterocycles. The number of nitrogen functional groups attached to an aromatic ring is 1. The van der Waals surface area contributed by atoms with E-state index in [9.17, 15) is 18.5 Å². The van der Waals surface area contributed by atoms with E-state index in [2.05, 4.69) is 0 Å². The highest BCUT2D eigenvalue weighted by Gasteiger charge is 2.29. The van der Waals surface area contributed by atoms with Crippen molar-refractivity contribution in [3.8, 4) is 11.8 Å². The minimum atomic E-state index is -3.74. The second-order valence-electron chi connectivity index (χ2n) is 6.24.